The van der Waals surface area contributed by atoms with Crippen LogP contribution in [0, 0.1) is 5.82 Å². The lowest BCUT2D eigenvalue weighted by atomic mass is 10.1. The Labute approximate surface area is 193 Å². The number of nitrogens with zero attached hydrogens (tertiary/aromatic N) is 3. The van der Waals surface area contributed by atoms with Gasteiger partial charge < -0.3 is 20.0 Å². The van der Waals surface area contributed by atoms with Gasteiger partial charge in [0.05, 0.1) is 18.3 Å². The normalized spacial score (nSPS) is 12.4. The molecule has 2 aromatic carbocycles. The molecule has 0 aliphatic rings. The van der Waals surface area contributed by atoms with Crippen LogP contribution in [0.2, 0.25) is 0 Å². The molecule has 0 saturated carbocycles. The van der Waals surface area contributed by atoms with Gasteiger partial charge in [-0.2, -0.15) is 0 Å². The van der Waals surface area contributed by atoms with E-state index in [1.807, 2.05) is 55.4 Å². The van der Waals surface area contributed by atoms with Crippen LogP contribution in [-0.4, -0.2) is 43.5 Å². The van der Waals surface area contributed by atoms with Gasteiger partial charge in [-0.3, -0.25) is 4.99 Å². The highest BCUT2D eigenvalue weighted by atomic mass is 127. The molecular weight excluding hydrogens is 496 g/mol. The fourth-order valence-corrected chi connectivity index (χ4v) is 3.00. The molecule has 2 N–H and O–H groups in total. The SMILES string of the molecule is CN=C(NCc1coc(-c2ccccc2)n1)NCC(c1cccc(F)c1)N(C)C.I. The largest absolute Gasteiger partial charge is 0.444 e. The summed E-state index contributed by atoms with van der Waals surface area (Å²) in [5.74, 6) is 0.985. The van der Waals surface area contributed by atoms with Crippen molar-refractivity contribution in [2.75, 3.05) is 27.7 Å². The third-order valence-electron chi connectivity index (χ3n) is 4.55. The average Bonchev–Trinajstić information content (AvgIpc) is 3.20. The molecule has 1 heterocycles. The highest BCUT2D eigenvalue weighted by Crippen LogP contribution is 2.19. The molecule has 8 heteroatoms. The summed E-state index contributed by atoms with van der Waals surface area (Å²) < 4.78 is 19.2. The number of aliphatic imine (C=N–C) groups is 1. The lowest BCUT2D eigenvalue weighted by Crippen LogP contribution is -2.41. The highest BCUT2D eigenvalue weighted by molar-refractivity contribution is 14.0. The Kier molecular flexibility index (Phi) is 9.25. The Balaban J connectivity index is 0.00000320. The molecule has 0 aliphatic carbocycles. The summed E-state index contributed by atoms with van der Waals surface area (Å²) in [4.78, 5) is 10.8. The van der Waals surface area contributed by atoms with Crippen LogP contribution < -0.4 is 10.6 Å². The number of aromatic nitrogens is 1. The summed E-state index contributed by atoms with van der Waals surface area (Å²) in [5, 5.41) is 6.53. The van der Waals surface area contributed by atoms with Crippen molar-refractivity contribution >= 4 is 29.9 Å². The smallest absolute Gasteiger partial charge is 0.226 e. The molecule has 1 unspecified atom stereocenters. The Bertz CT molecular complexity index is 945. The summed E-state index contributed by atoms with van der Waals surface area (Å²) in [6, 6.07) is 16.4. The molecule has 1 atom stereocenters. The van der Waals surface area contributed by atoms with Gasteiger partial charge in [0.2, 0.25) is 5.89 Å². The van der Waals surface area contributed by atoms with Crippen LogP contribution in [0.3, 0.4) is 0 Å². The minimum Gasteiger partial charge on any atom is -0.444 e. The number of halogens is 2. The second kappa shape index (κ2) is 11.7. The first-order chi connectivity index (χ1) is 14.1. The van der Waals surface area contributed by atoms with E-state index in [4.69, 9.17) is 4.42 Å². The summed E-state index contributed by atoms with van der Waals surface area (Å²) in [6.07, 6.45) is 1.64. The molecule has 3 aromatic rings. The minimum absolute atomic E-state index is 0. The maximum Gasteiger partial charge on any atom is 0.226 e. The lowest BCUT2D eigenvalue weighted by molar-refractivity contribution is 0.297. The number of guanidine groups is 1. The zero-order valence-electron chi connectivity index (χ0n) is 17.3. The van der Waals surface area contributed by atoms with E-state index in [0.29, 0.717) is 24.9 Å². The number of nitrogens with one attached hydrogen (secondary N) is 2. The van der Waals surface area contributed by atoms with Crippen LogP contribution in [0.25, 0.3) is 11.5 Å². The standard InChI is InChI=1S/C22H26FN5O.HI/c1-24-22(26-14-20(28(2)3)17-10-7-11-18(23)12-17)25-13-19-15-29-21(27-19)16-8-5-4-6-9-16;/h4-12,15,20H,13-14H2,1-3H3,(H2,24,25,26);1H. The van der Waals surface area contributed by atoms with Gasteiger partial charge in [-0.25, -0.2) is 9.37 Å². The van der Waals surface area contributed by atoms with Gasteiger partial charge in [0, 0.05) is 19.2 Å². The molecule has 0 saturated heterocycles. The van der Waals surface area contributed by atoms with Crippen LogP contribution in [-0.2, 0) is 6.54 Å². The zero-order valence-corrected chi connectivity index (χ0v) is 19.6. The molecule has 3 rings (SSSR count). The molecule has 30 heavy (non-hydrogen) atoms. The number of benzene rings is 2. The van der Waals surface area contributed by atoms with Gasteiger partial charge in [0.25, 0.3) is 0 Å². The molecule has 1 aromatic heterocycles. The maximum absolute atomic E-state index is 13.6. The fourth-order valence-electron chi connectivity index (χ4n) is 3.00. The summed E-state index contributed by atoms with van der Waals surface area (Å²) >= 11 is 0. The van der Waals surface area contributed by atoms with Crippen molar-refractivity contribution in [2.45, 2.75) is 12.6 Å². The van der Waals surface area contributed by atoms with Crippen molar-refractivity contribution in [2.24, 2.45) is 4.99 Å². The van der Waals surface area contributed by atoms with E-state index in [9.17, 15) is 4.39 Å². The van der Waals surface area contributed by atoms with Gasteiger partial charge in [0.1, 0.15) is 12.1 Å². The van der Waals surface area contributed by atoms with Gasteiger partial charge >= 0.3 is 0 Å². The number of oxazole rings is 1. The van der Waals surface area contributed by atoms with E-state index in [0.717, 1.165) is 16.8 Å². The van der Waals surface area contributed by atoms with Crippen LogP contribution >= 0.6 is 24.0 Å². The quantitative estimate of drug-likeness (QED) is 0.278. The van der Waals surface area contributed by atoms with Crippen LogP contribution in [0.4, 0.5) is 4.39 Å². The third-order valence-corrected chi connectivity index (χ3v) is 4.55. The number of likely N-dealkylation sites (N-methyl/N-ethyl adjacent to an activating group) is 1. The molecule has 160 valence electrons. The third kappa shape index (κ3) is 6.53. The van der Waals surface area contributed by atoms with Crippen molar-refractivity contribution < 1.29 is 8.81 Å². The van der Waals surface area contributed by atoms with Crippen LogP contribution in [0.15, 0.2) is 70.3 Å². The first-order valence-electron chi connectivity index (χ1n) is 9.43. The molecular formula is C22H27FIN5O. The van der Waals surface area contributed by atoms with E-state index < -0.39 is 0 Å². The van der Waals surface area contributed by atoms with E-state index in [1.165, 1.54) is 6.07 Å². The predicted molar refractivity (Wildman–Crippen MR) is 128 cm³/mol. The number of hydrogen-bond donors (Lipinski definition) is 2. The number of hydrogen-bond acceptors (Lipinski definition) is 4. The van der Waals surface area contributed by atoms with Crippen molar-refractivity contribution in [3.63, 3.8) is 0 Å². The summed E-state index contributed by atoms with van der Waals surface area (Å²) in [7, 11) is 5.64. The molecule has 0 aliphatic heterocycles. The Hall–Kier alpha value is -2.46. The molecule has 6 nitrogen and oxygen atoms in total. The fraction of sp³-hybridized carbons (Fsp3) is 0.273. The summed E-state index contributed by atoms with van der Waals surface area (Å²) in [6.45, 7) is 1.05. The monoisotopic (exact) mass is 523 g/mol. The van der Waals surface area contributed by atoms with Gasteiger partial charge in [-0.05, 0) is 43.9 Å². The molecule has 0 spiro atoms. The Morgan fingerprint density at radius 2 is 1.90 bits per heavy atom. The molecule has 0 radical (unpaired) electrons. The van der Waals surface area contributed by atoms with Crippen LogP contribution in [0.5, 0.6) is 0 Å². The topological polar surface area (TPSA) is 65.7 Å². The predicted octanol–water partition coefficient (Wildman–Crippen LogP) is 4.07. The summed E-state index contributed by atoms with van der Waals surface area (Å²) in [5.41, 5.74) is 2.62. The first kappa shape index (κ1) is 23.8. The Morgan fingerprint density at radius 3 is 2.57 bits per heavy atom. The minimum atomic E-state index is -0.239. The first-order valence-corrected chi connectivity index (χ1v) is 9.43. The van der Waals surface area contributed by atoms with Gasteiger partial charge in [-0.1, -0.05) is 30.3 Å². The van der Waals surface area contributed by atoms with Gasteiger partial charge in [0.15, 0.2) is 5.96 Å². The van der Waals surface area contributed by atoms with E-state index in [-0.39, 0.29) is 35.8 Å². The van der Waals surface area contributed by atoms with E-state index >= 15 is 0 Å². The average molecular weight is 523 g/mol. The molecule has 0 amide bonds. The second-order valence-corrected chi connectivity index (χ2v) is 6.85. The van der Waals surface area contributed by atoms with Crippen molar-refractivity contribution in [3.8, 4) is 11.5 Å². The maximum atomic E-state index is 13.6. The van der Waals surface area contributed by atoms with Crippen molar-refractivity contribution in [1.82, 2.24) is 20.5 Å². The lowest BCUT2D eigenvalue weighted by Gasteiger charge is -2.26. The molecule has 0 fully saturated rings. The van der Waals surface area contributed by atoms with E-state index in [2.05, 4.69) is 20.6 Å². The van der Waals surface area contributed by atoms with Gasteiger partial charge in [-0.15, -0.1) is 24.0 Å². The van der Waals surface area contributed by atoms with Crippen LogP contribution in [0.1, 0.15) is 17.3 Å². The van der Waals surface area contributed by atoms with E-state index in [1.54, 1.807) is 25.4 Å². The highest BCUT2D eigenvalue weighted by Gasteiger charge is 2.15. The molecule has 0 bridgehead atoms. The number of rotatable bonds is 7. The Morgan fingerprint density at radius 1 is 1.13 bits per heavy atom. The van der Waals surface area contributed by atoms with Crippen molar-refractivity contribution in [1.29, 1.82) is 0 Å². The zero-order chi connectivity index (χ0) is 20.6. The van der Waals surface area contributed by atoms with Crippen molar-refractivity contribution in [3.05, 3.63) is 77.9 Å². The second-order valence-electron chi connectivity index (χ2n) is 6.85.